The Balaban J connectivity index is 2.73. The van der Waals surface area contributed by atoms with Crippen LogP contribution in [0.25, 0.3) is 0 Å². The van der Waals surface area contributed by atoms with Crippen LogP contribution in [0, 0.1) is 0 Å². The van der Waals surface area contributed by atoms with Gasteiger partial charge in [-0.1, -0.05) is 19.8 Å². The zero-order valence-electron chi connectivity index (χ0n) is 8.47. The summed E-state index contributed by atoms with van der Waals surface area (Å²) in [7, 11) is 1.75. The summed E-state index contributed by atoms with van der Waals surface area (Å²) in [6.07, 6.45) is 6.05. The Labute approximate surface area is 76.3 Å². The predicted molar refractivity (Wildman–Crippen MR) is 51.5 cm³/mol. The van der Waals surface area contributed by atoms with Crippen LogP contribution in [-0.2, 0) is 9.47 Å². The first kappa shape index (κ1) is 11.9. The summed E-state index contributed by atoms with van der Waals surface area (Å²) in [6.45, 7) is 4.88. The van der Waals surface area contributed by atoms with Gasteiger partial charge in [0.25, 0.3) is 0 Å². The van der Waals surface area contributed by atoms with Gasteiger partial charge in [-0.05, 0) is 19.3 Å². The maximum atomic E-state index is 5.36. The summed E-state index contributed by atoms with van der Waals surface area (Å²) >= 11 is 0. The second-order valence-electron chi connectivity index (χ2n) is 3.02. The van der Waals surface area contributed by atoms with Gasteiger partial charge in [0.05, 0.1) is 0 Å². The molecule has 2 nitrogen and oxygen atoms in total. The standard InChI is InChI=1S/C10H22O2/c1-3-8-12-10-7-5-4-6-9-11-2/h3-10H2,1-2H3. The minimum absolute atomic E-state index is 0.899. The lowest BCUT2D eigenvalue weighted by Gasteiger charge is -2.02. The quantitative estimate of drug-likeness (QED) is 0.500. The predicted octanol–water partition coefficient (Wildman–Crippen LogP) is 2.62. The lowest BCUT2D eigenvalue weighted by molar-refractivity contribution is 0.129. The third kappa shape index (κ3) is 9.92. The summed E-state index contributed by atoms with van der Waals surface area (Å²) in [5.41, 5.74) is 0. The molecule has 0 amide bonds. The molecular formula is C10H22O2. The molecule has 0 heterocycles. The highest BCUT2D eigenvalue weighted by molar-refractivity contribution is 4.41. The van der Waals surface area contributed by atoms with E-state index in [9.17, 15) is 0 Å². The van der Waals surface area contributed by atoms with Gasteiger partial charge < -0.3 is 9.47 Å². The number of hydrogen-bond donors (Lipinski definition) is 0. The Morgan fingerprint density at radius 3 is 2.08 bits per heavy atom. The van der Waals surface area contributed by atoms with E-state index in [1.807, 2.05) is 0 Å². The van der Waals surface area contributed by atoms with Crippen LogP contribution < -0.4 is 0 Å². The van der Waals surface area contributed by atoms with Gasteiger partial charge in [-0.15, -0.1) is 0 Å². The van der Waals surface area contributed by atoms with E-state index < -0.39 is 0 Å². The number of methoxy groups -OCH3 is 1. The second kappa shape index (κ2) is 10.9. The van der Waals surface area contributed by atoms with E-state index in [1.54, 1.807) is 7.11 Å². The molecule has 74 valence electrons. The molecule has 0 atom stereocenters. The number of ether oxygens (including phenoxy) is 2. The molecule has 0 fully saturated rings. The van der Waals surface area contributed by atoms with Crippen LogP contribution >= 0.6 is 0 Å². The smallest absolute Gasteiger partial charge is 0.0466 e. The highest BCUT2D eigenvalue weighted by Gasteiger charge is 1.89. The van der Waals surface area contributed by atoms with Crippen molar-refractivity contribution in [1.82, 2.24) is 0 Å². The Kier molecular flexibility index (Phi) is 10.8. The first-order chi connectivity index (χ1) is 5.91. The van der Waals surface area contributed by atoms with Crippen molar-refractivity contribution in [3.8, 4) is 0 Å². The lowest BCUT2D eigenvalue weighted by Crippen LogP contribution is -1.96. The van der Waals surface area contributed by atoms with E-state index in [2.05, 4.69) is 6.92 Å². The SMILES string of the molecule is CCCOCCCCCCOC. The van der Waals surface area contributed by atoms with Crippen molar-refractivity contribution in [2.24, 2.45) is 0 Å². The van der Waals surface area contributed by atoms with Crippen LogP contribution in [0.1, 0.15) is 39.0 Å². The Hall–Kier alpha value is -0.0800. The van der Waals surface area contributed by atoms with Gasteiger partial charge in [0.2, 0.25) is 0 Å². The number of unbranched alkanes of at least 4 members (excludes halogenated alkanes) is 3. The molecule has 0 saturated carbocycles. The fourth-order valence-electron chi connectivity index (χ4n) is 1.05. The first-order valence-corrected chi connectivity index (χ1v) is 4.98. The molecule has 0 rings (SSSR count). The van der Waals surface area contributed by atoms with Crippen LogP contribution in [-0.4, -0.2) is 26.9 Å². The molecule has 0 unspecified atom stereocenters. The largest absolute Gasteiger partial charge is 0.385 e. The van der Waals surface area contributed by atoms with Gasteiger partial charge in [-0.2, -0.15) is 0 Å². The van der Waals surface area contributed by atoms with Crippen LogP contribution in [0.15, 0.2) is 0 Å². The van der Waals surface area contributed by atoms with Gasteiger partial charge in [-0.25, -0.2) is 0 Å². The minimum atomic E-state index is 0.899. The average molecular weight is 174 g/mol. The third-order valence-corrected chi connectivity index (χ3v) is 1.74. The summed E-state index contributed by atoms with van der Waals surface area (Å²) in [5.74, 6) is 0. The molecule has 0 aromatic carbocycles. The van der Waals surface area contributed by atoms with Gasteiger partial charge >= 0.3 is 0 Å². The average Bonchev–Trinajstić information content (AvgIpc) is 2.10. The van der Waals surface area contributed by atoms with Crippen LogP contribution in [0.5, 0.6) is 0 Å². The molecule has 12 heavy (non-hydrogen) atoms. The van der Waals surface area contributed by atoms with Crippen LogP contribution in [0.4, 0.5) is 0 Å². The topological polar surface area (TPSA) is 18.5 Å². The van der Waals surface area contributed by atoms with Gasteiger partial charge in [0.1, 0.15) is 0 Å². The molecular weight excluding hydrogens is 152 g/mol. The van der Waals surface area contributed by atoms with Crippen molar-refractivity contribution in [2.45, 2.75) is 39.0 Å². The van der Waals surface area contributed by atoms with E-state index in [0.29, 0.717) is 0 Å². The van der Waals surface area contributed by atoms with E-state index >= 15 is 0 Å². The fraction of sp³-hybridized carbons (Fsp3) is 1.00. The minimum Gasteiger partial charge on any atom is -0.385 e. The molecule has 0 saturated heterocycles. The molecule has 0 bridgehead atoms. The van der Waals surface area contributed by atoms with Crippen LogP contribution in [0.2, 0.25) is 0 Å². The number of hydrogen-bond acceptors (Lipinski definition) is 2. The Morgan fingerprint density at radius 1 is 0.833 bits per heavy atom. The van der Waals surface area contributed by atoms with Gasteiger partial charge in [0, 0.05) is 26.9 Å². The van der Waals surface area contributed by atoms with E-state index in [-0.39, 0.29) is 0 Å². The monoisotopic (exact) mass is 174 g/mol. The zero-order chi connectivity index (χ0) is 9.07. The summed E-state index contributed by atoms with van der Waals surface area (Å²) in [4.78, 5) is 0. The summed E-state index contributed by atoms with van der Waals surface area (Å²) in [6, 6.07) is 0. The van der Waals surface area contributed by atoms with Gasteiger partial charge in [-0.3, -0.25) is 0 Å². The van der Waals surface area contributed by atoms with Crippen LogP contribution in [0.3, 0.4) is 0 Å². The first-order valence-electron chi connectivity index (χ1n) is 4.98. The highest BCUT2D eigenvalue weighted by Crippen LogP contribution is 2.00. The molecule has 0 aliphatic rings. The van der Waals surface area contributed by atoms with Gasteiger partial charge in [0.15, 0.2) is 0 Å². The highest BCUT2D eigenvalue weighted by atomic mass is 16.5. The molecule has 0 spiro atoms. The van der Waals surface area contributed by atoms with Crippen molar-refractivity contribution in [1.29, 1.82) is 0 Å². The van der Waals surface area contributed by atoms with E-state index in [1.165, 1.54) is 25.7 Å². The van der Waals surface area contributed by atoms with E-state index in [4.69, 9.17) is 9.47 Å². The van der Waals surface area contributed by atoms with Crippen molar-refractivity contribution in [3.05, 3.63) is 0 Å². The number of rotatable bonds is 9. The molecule has 0 radical (unpaired) electrons. The summed E-state index contributed by atoms with van der Waals surface area (Å²) < 4.78 is 10.3. The maximum absolute atomic E-state index is 5.36. The fourth-order valence-corrected chi connectivity index (χ4v) is 1.05. The van der Waals surface area contributed by atoms with E-state index in [0.717, 1.165) is 26.2 Å². The Morgan fingerprint density at radius 2 is 1.50 bits per heavy atom. The van der Waals surface area contributed by atoms with Crippen molar-refractivity contribution >= 4 is 0 Å². The normalized spacial score (nSPS) is 10.5. The lowest BCUT2D eigenvalue weighted by atomic mass is 10.2. The maximum Gasteiger partial charge on any atom is 0.0466 e. The second-order valence-corrected chi connectivity index (χ2v) is 3.02. The van der Waals surface area contributed by atoms with Crippen molar-refractivity contribution in [3.63, 3.8) is 0 Å². The molecule has 0 aliphatic carbocycles. The van der Waals surface area contributed by atoms with Crippen molar-refractivity contribution in [2.75, 3.05) is 26.9 Å². The third-order valence-electron chi connectivity index (χ3n) is 1.74. The zero-order valence-corrected chi connectivity index (χ0v) is 8.47. The molecule has 2 heteroatoms. The molecule has 0 aromatic rings. The molecule has 0 aromatic heterocycles. The Bertz CT molecular complexity index is 64.2. The summed E-state index contributed by atoms with van der Waals surface area (Å²) in [5, 5.41) is 0. The van der Waals surface area contributed by atoms with Crippen molar-refractivity contribution < 1.29 is 9.47 Å². The molecule has 0 N–H and O–H groups in total. The molecule has 0 aliphatic heterocycles.